The summed E-state index contributed by atoms with van der Waals surface area (Å²) in [5.74, 6) is 0. The first-order valence-electron chi connectivity index (χ1n) is 5.19. The molecule has 0 aromatic carbocycles. The molecule has 0 spiro atoms. The highest BCUT2D eigenvalue weighted by Gasteiger charge is 2.21. The molecular weight excluding hydrogens is 188 g/mol. The molecule has 1 aliphatic rings. The van der Waals surface area contributed by atoms with Crippen LogP contribution in [0.2, 0.25) is 0 Å². The quantitative estimate of drug-likeness (QED) is 0.647. The van der Waals surface area contributed by atoms with Crippen molar-refractivity contribution in [2.24, 2.45) is 5.41 Å². The summed E-state index contributed by atoms with van der Waals surface area (Å²) in [5, 5.41) is 0. The molecule has 78 valence electrons. The van der Waals surface area contributed by atoms with E-state index in [-0.39, 0.29) is 10.2 Å². The molecule has 1 unspecified atom stereocenters. The Hall–Kier alpha value is -0.430. The minimum atomic E-state index is -0.109. The Morgan fingerprint density at radius 3 is 2.57 bits per heavy atom. The zero-order chi connectivity index (χ0) is 10.8. The van der Waals surface area contributed by atoms with Crippen molar-refractivity contribution >= 4 is 12.6 Å². The van der Waals surface area contributed by atoms with Crippen molar-refractivity contribution in [1.29, 1.82) is 0 Å². The SMILES string of the molecule is CCC(C)(C)C1=CC=CC(C)(S)C=C1. The highest BCUT2D eigenvalue weighted by molar-refractivity contribution is 7.82. The van der Waals surface area contributed by atoms with Gasteiger partial charge < -0.3 is 0 Å². The second kappa shape index (κ2) is 3.98. The van der Waals surface area contributed by atoms with Crippen molar-refractivity contribution in [3.05, 3.63) is 36.0 Å². The lowest BCUT2D eigenvalue weighted by Crippen LogP contribution is -2.12. The third-order valence-corrected chi connectivity index (χ3v) is 3.27. The van der Waals surface area contributed by atoms with Crippen LogP contribution in [0.15, 0.2) is 36.0 Å². The number of rotatable bonds is 2. The second-order valence-electron chi connectivity index (χ2n) is 4.78. The maximum atomic E-state index is 4.55. The molecule has 1 heteroatoms. The van der Waals surface area contributed by atoms with E-state index in [0.29, 0.717) is 0 Å². The summed E-state index contributed by atoms with van der Waals surface area (Å²) in [6.07, 6.45) is 11.9. The number of hydrogen-bond acceptors (Lipinski definition) is 1. The predicted octanol–water partition coefficient (Wildman–Crippen LogP) is 4.16. The van der Waals surface area contributed by atoms with E-state index in [9.17, 15) is 0 Å². The Labute approximate surface area is 93.2 Å². The number of hydrogen-bond donors (Lipinski definition) is 1. The van der Waals surface area contributed by atoms with E-state index in [1.807, 2.05) is 0 Å². The molecule has 0 N–H and O–H groups in total. The summed E-state index contributed by atoms with van der Waals surface area (Å²) in [5.41, 5.74) is 1.64. The molecule has 0 saturated carbocycles. The third-order valence-electron chi connectivity index (χ3n) is 2.98. The predicted molar refractivity (Wildman–Crippen MR) is 67.8 cm³/mol. The minimum absolute atomic E-state index is 0.109. The molecule has 14 heavy (non-hydrogen) atoms. The van der Waals surface area contributed by atoms with E-state index in [2.05, 4.69) is 70.7 Å². The smallest absolute Gasteiger partial charge is 0.0466 e. The van der Waals surface area contributed by atoms with Gasteiger partial charge in [0.1, 0.15) is 0 Å². The number of thiol groups is 1. The first-order chi connectivity index (χ1) is 6.37. The zero-order valence-corrected chi connectivity index (χ0v) is 10.4. The van der Waals surface area contributed by atoms with Crippen LogP contribution in [0.25, 0.3) is 0 Å². The standard InChI is InChI=1S/C13H20S/c1-5-12(2,3)11-7-6-9-13(4,14)10-8-11/h6-10,14H,5H2,1-4H3. The van der Waals surface area contributed by atoms with Gasteiger partial charge in [-0.3, -0.25) is 0 Å². The molecule has 1 atom stereocenters. The van der Waals surface area contributed by atoms with E-state index in [1.165, 1.54) is 5.57 Å². The van der Waals surface area contributed by atoms with Crippen LogP contribution in [0.1, 0.15) is 34.1 Å². The van der Waals surface area contributed by atoms with Gasteiger partial charge in [-0.25, -0.2) is 0 Å². The Balaban J connectivity index is 2.96. The van der Waals surface area contributed by atoms with Gasteiger partial charge in [-0.2, -0.15) is 12.6 Å². The van der Waals surface area contributed by atoms with Gasteiger partial charge >= 0.3 is 0 Å². The molecule has 0 bridgehead atoms. The molecule has 1 rings (SSSR count). The van der Waals surface area contributed by atoms with Crippen molar-refractivity contribution < 1.29 is 0 Å². The first kappa shape index (κ1) is 11.6. The van der Waals surface area contributed by atoms with Gasteiger partial charge in [0.2, 0.25) is 0 Å². The topological polar surface area (TPSA) is 0 Å². The van der Waals surface area contributed by atoms with Gasteiger partial charge in [0.25, 0.3) is 0 Å². The molecule has 0 amide bonds. The van der Waals surface area contributed by atoms with Crippen LogP contribution in [0.3, 0.4) is 0 Å². The van der Waals surface area contributed by atoms with E-state index < -0.39 is 0 Å². The normalized spacial score (nSPS) is 27.4. The Morgan fingerprint density at radius 2 is 2.00 bits per heavy atom. The van der Waals surface area contributed by atoms with E-state index in [0.717, 1.165) is 6.42 Å². The van der Waals surface area contributed by atoms with E-state index >= 15 is 0 Å². The maximum absolute atomic E-state index is 4.55. The van der Waals surface area contributed by atoms with Gasteiger partial charge in [0.05, 0.1) is 0 Å². The van der Waals surface area contributed by atoms with Crippen molar-refractivity contribution in [1.82, 2.24) is 0 Å². The second-order valence-corrected chi connectivity index (χ2v) is 5.74. The van der Waals surface area contributed by atoms with Crippen molar-refractivity contribution in [3.63, 3.8) is 0 Å². The fourth-order valence-corrected chi connectivity index (χ4v) is 1.53. The largest absolute Gasteiger partial charge is 0.164 e. The summed E-state index contributed by atoms with van der Waals surface area (Å²) in [7, 11) is 0. The summed E-state index contributed by atoms with van der Waals surface area (Å²) in [4.78, 5) is 0. The Morgan fingerprint density at radius 1 is 1.36 bits per heavy atom. The molecule has 1 aliphatic carbocycles. The lowest BCUT2D eigenvalue weighted by molar-refractivity contribution is 0.440. The van der Waals surface area contributed by atoms with Crippen LogP contribution >= 0.6 is 12.6 Å². The maximum Gasteiger partial charge on any atom is 0.0466 e. The third kappa shape index (κ3) is 2.78. The van der Waals surface area contributed by atoms with Crippen LogP contribution in [-0.4, -0.2) is 4.75 Å². The van der Waals surface area contributed by atoms with Gasteiger partial charge in [0.15, 0.2) is 0 Å². The number of allylic oxidation sites excluding steroid dienone is 4. The van der Waals surface area contributed by atoms with Crippen LogP contribution < -0.4 is 0 Å². The van der Waals surface area contributed by atoms with Gasteiger partial charge in [0, 0.05) is 4.75 Å². The van der Waals surface area contributed by atoms with E-state index in [1.54, 1.807) is 0 Å². The molecule has 0 fully saturated rings. The van der Waals surface area contributed by atoms with Crippen molar-refractivity contribution in [2.75, 3.05) is 0 Å². The zero-order valence-electron chi connectivity index (χ0n) is 9.54. The molecular formula is C13H20S. The van der Waals surface area contributed by atoms with Gasteiger partial charge in [-0.1, -0.05) is 51.2 Å². The lowest BCUT2D eigenvalue weighted by atomic mass is 9.81. The van der Waals surface area contributed by atoms with Gasteiger partial charge in [-0.05, 0) is 24.3 Å². The van der Waals surface area contributed by atoms with Crippen LogP contribution in [0.5, 0.6) is 0 Å². The molecule has 0 aliphatic heterocycles. The molecule has 0 saturated heterocycles. The highest BCUT2D eigenvalue weighted by atomic mass is 32.1. The first-order valence-corrected chi connectivity index (χ1v) is 5.64. The van der Waals surface area contributed by atoms with Crippen molar-refractivity contribution in [2.45, 2.75) is 38.9 Å². The molecule has 0 aromatic heterocycles. The monoisotopic (exact) mass is 208 g/mol. The Bertz CT molecular complexity index is 290. The van der Waals surface area contributed by atoms with Crippen molar-refractivity contribution in [3.8, 4) is 0 Å². The summed E-state index contributed by atoms with van der Waals surface area (Å²) < 4.78 is -0.109. The van der Waals surface area contributed by atoms with Crippen LogP contribution in [0.4, 0.5) is 0 Å². The van der Waals surface area contributed by atoms with Crippen LogP contribution in [-0.2, 0) is 0 Å². The summed E-state index contributed by atoms with van der Waals surface area (Å²) >= 11 is 4.55. The minimum Gasteiger partial charge on any atom is -0.164 e. The van der Waals surface area contributed by atoms with Crippen LogP contribution in [0, 0.1) is 5.41 Å². The summed E-state index contributed by atoms with van der Waals surface area (Å²) in [6.45, 7) is 8.87. The molecule has 0 aromatic rings. The summed E-state index contributed by atoms with van der Waals surface area (Å²) in [6, 6.07) is 0. The van der Waals surface area contributed by atoms with Gasteiger partial charge in [-0.15, -0.1) is 0 Å². The molecule has 0 nitrogen and oxygen atoms in total. The Kier molecular flexibility index (Phi) is 3.31. The molecule has 0 heterocycles. The van der Waals surface area contributed by atoms with E-state index in [4.69, 9.17) is 0 Å². The lowest BCUT2D eigenvalue weighted by Gasteiger charge is -2.24. The highest BCUT2D eigenvalue weighted by Crippen LogP contribution is 2.33. The average Bonchev–Trinajstić information content (AvgIpc) is 2.26. The molecule has 0 radical (unpaired) electrons. The fourth-order valence-electron chi connectivity index (χ4n) is 1.37. The average molecular weight is 208 g/mol. The fraction of sp³-hybridized carbons (Fsp3) is 0.538.